The van der Waals surface area contributed by atoms with E-state index in [0.29, 0.717) is 12.6 Å². The summed E-state index contributed by atoms with van der Waals surface area (Å²) in [6, 6.07) is 13.0. The fourth-order valence-corrected chi connectivity index (χ4v) is 3.84. The molecule has 0 aliphatic carbocycles. The first-order valence-corrected chi connectivity index (χ1v) is 10.5. The number of ether oxygens (including phenoxy) is 2. The molecule has 3 heterocycles. The molecule has 2 aliphatic rings. The normalized spacial score (nSPS) is 20.0. The zero-order valence-corrected chi connectivity index (χ0v) is 16.6. The number of nitrogens with one attached hydrogen (secondary N) is 1. The number of nitrogens with zero attached hydrogens (tertiary/aromatic N) is 2. The largest absolute Gasteiger partial charge is 0.490 e. The molecule has 1 aromatic heterocycles. The number of rotatable bonds is 9. The summed E-state index contributed by atoms with van der Waals surface area (Å²) in [6.45, 7) is 5.57. The van der Waals surface area contributed by atoms with Crippen molar-refractivity contribution in [1.82, 2.24) is 10.3 Å². The van der Waals surface area contributed by atoms with E-state index in [4.69, 9.17) is 9.47 Å². The SMILES string of the molecule is c1ccc(COCCC2CCN(c3cncc(OCC4CCN4)c3)CC2)cc1. The van der Waals surface area contributed by atoms with Crippen LogP contribution in [0.4, 0.5) is 5.69 Å². The van der Waals surface area contributed by atoms with Crippen LogP contribution >= 0.6 is 0 Å². The Kier molecular flexibility index (Phi) is 6.79. The Bertz CT molecular complexity index is 713. The second kappa shape index (κ2) is 9.89. The van der Waals surface area contributed by atoms with Gasteiger partial charge in [0.05, 0.1) is 24.7 Å². The molecule has 5 heteroatoms. The lowest BCUT2D eigenvalue weighted by Crippen LogP contribution is -2.46. The number of hydrogen-bond donors (Lipinski definition) is 1. The number of pyridine rings is 1. The summed E-state index contributed by atoms with van der Waals surface area (Å²) in [5, 5.41) is 3.36. The molecule has 4 rings (SSSR count). The number of piperidine rings is 1. The van der Waals surface area contributed by atoms with E-state index < -0.39 is 0 Å². The number of benzene rings is 1. The fraction of sp³-hybridized carbons (Fsp3) is 0.522. The second-order valence-electron chi connectivity index (χ2n) is 7.89. The number of aromatic nitrogens is 1. The summed E-state index contributed by atoms with van der Waals surface area (Å²) in [7, 11) is 0. The predicted molar refractivity (Wildman–Crippen MR) is 112 cm³/mol. The van der Waals surface area contributed by atoms with Gasteiger partial charge in [-0.1, -0.05) is 30.3 Å². The first-order chi connectivity index (χ1) is 13.9. The Morgan fingerprint density at radius 1 is 1.07 bits per heavy atom. The highest BCUT2D eigenvalue weighted by atomic mass is 16.5. The van der Waals surface area contributed by atoms with Gasteiger partial charge in [0, 0.05) is 31.8 Å². The molecule has 0 amide bonds. The van der Waals surface area contributed by atoms with E-state index in [2.05, 4.69) is 45.5 Å². The summed E-state index contributed by atoms with van der Waals surface area (Å²) in [5.74, 6) is 1.63. The molecule has 150 valence electrons. The molecular weight excluding hydrogens is 350 g/mol. The summed E-state index contributed by atoms with van der Waals surface area (Å²) in [5.41, 5.74) is 2.43. The van der Waals surface area contributed by atoms with Crippen LogP contribution in [-0.2, 0) is 11.3 Å². The second-order valence-corrected chi connectivity index (χ2v) is 7.89. The number of hydrogen-bond acceptors (Lipinski definition) is 5. The van der Waals surface area contributed by atoms with Crippen LogP contribution in [0.2, 0.25) is 0 Å². The van der Waals surface area contributed by atoms with Crippen molar-refractivity contribution in [3.8, 4) is 5.75 Å². The molecule has 2 saturated heterocycles. The quantitative estimate of drug-likeness (QED) is 0.672. The van der Waals surface area contributed by atoms with Gasteiger partial charge in [-0.25, -0.2) is 0 Å². The third-order valence-electron chi connectivity index (χ3n) is 5.84. The molecule has 28 heavy (non-hydrogen) atoms. The topological polar surface area (TPSA) is 46.6 Å². The van der Waals surface area contributed by atoms with Crippen LogP contribution in [0.3, 0.4) is 0 Å². The molecule has 0 bridgehead atoms. The minimum Gasteiger partial charge on any atom is -0.490 e. The van der Waals surface area contributed by atoms with Crippen molar-refractivity contribution in [3.63, 3.8) is 0 Å². The highest BCUT2D eigenvalue weighted by molar-refractivity contribution is 5.48. The highest BCUT2D eigenvalue weighted by Crippen LogP contribution is 2.27. The molecule has 5 nitrogen and oxygen atoms in total. The first kappa shape index (κ1) is 19.2. The molecule has 0 spiro atoms. The summed E-state index contributed by atoms with van der Waals surface area (Å²) < 4.78 is 11.8. The zero-order valence-electron chi connectivity index (χ0n) is 16.6. The van der Waals surface area contributed by atoms with Crippen molar-refractivity contribution >= 4 is 5.69 Å². The van der Waals surface area contributed by atoms with Crippen molar-refractivity contribution in [3.05, 3.63) is 54.4 Å². The smallest absolute Gasteiger partial charge is 0.139 e. The third-order valence-corrected chi connectivity index (χ3v) is 5.84. The summed E-state index contributed by atoms with van der Waals surface area (Å²) in [6.07, 6.45) is 8.56. The molecule has 1 unspecified atom stereocenters. The van der Waals surface area contributed by atoms with Gasteiger partial charge in [-0.3, -0.25) is 4.98 Å². The molecule has 2 aliphatic heterocycles. The fourth-order valence-electron chi connectivity index (χ4n) is 3.84. The van der Waals surface area contributed by atoms with Crippen molar-refractivity contribution in [2.45, 2.75) is 38.3 Å². The van der Waals surface area contributed by atoms with Crippen LogP contribution in [0.5, 0.6) is 5.75 Å². The van der Waals surface area contributed by atoms with E-state index in [9.17, 15) is 0 Å². The summed E-state index contributed by atoms with van der Waals surface area (Å²) in [4.78, 5) is 6.82. The Morgan fingerprint density at radius 2 is 1.89 bits per heavy atom. The molecule has 1 aromatic carbocycles. The monoisotopic (exact) mass is 381 g/mol. The van der Waals surface area contributed by atoms with Gasteiger partial charge in [-0.15, -0.1) is 0 Å². The molecule has 0 radical (unpaired) electrons. The van der Waals surface area contributed by atoms with Gasteiger partial charge in [-0.05, 0) is 43.7 Å². The van der Waals surface area contributed by atoms with Crippen LogP contribution in [0.1, 0.15) is 31.2 Å². The van der Waals surface area contributed by atoms with Crippen molar-refractivity contribution < 1.29 is 9.47 Å². The highest BCUT2D eigenvalue weighted by Gasteiger charge is 2.20. The Hall–Kier alpha value is -2.11. The van der Waals surface area contributed by atoms with Crippen LogP contribution in [-0.4, -0.2) is 43.9 Å². The maximum Gasteiger partial charge on any atom is 0.139 e. The lowest BCUT2D eigenvalue weighted by molar-refractivity contribution is 0.104. The first-order valence-electron chi connectivity index (χ1n) is 10.5. The maximum atomic E-state index is 5.90. The van der Waals surface area contributed by atoms with Gasteiger partial charge in [-0.2, -0.15) is 0 Å². The Balaban J connectivity index is 1.16. The van der Waals surface area contributed by atoms with Gasteiger partial charge in [0.2, 0.25) is 0 Å². The summed E-state index contributed by atoms with van der Waals surface area (Å²) >= 11 is 0. The Labute approximate surface area is 168 Å². The predicted octanol–water partition coefficient (Wildman–Crippen LogP) is 3.65. The van der Waals surface area contributed by atoms with E-state index in [1.807, 2.05) is 18.5 Å². The lowest BCUT2D eigenvalue weighted by atomic mass is 9.94. The van der Waals surface area contributed by atoms with Gasteiger partial charge < -0.3 is 19.7 Å². The van der Waals surface area contributed by atoms with Crippen LogP contribution in [0.25, 0.3) is 0 Å². The average Bonchev–Trinajstić information content (AvgIpc) is 2.72. The van der Waals surface area contributed by atoms with E-state index >= 15 is 0 Å². The minimum absolute atomic E-state index is 0.503. The van der Waals surface area contributed by atoms with E-state index in [-0.39, 0.29) is 0 Å². The minimum atomic E-state index is 0.503. The van der Waals surface area contributed by atoms with Crippen LogP contribution in [0.15, 0.2) is 48.8 Å². The number of anilines is 1. The van der Waals surface area contributed by atoms with Gasteiger partial charge in [0.15, 0.2) is 0 Å². The van der Waals surface area contributed by atoms with Crippen molar-refractivity contribution in [2.75, 3.05) is 37.7 Å². The Morgan fingerprint density at radius 3 is 2.64 bits per heavy atom. The van der Waals surface area contributed by atoms with E-state index in [1.165, 1.54) is 30.5 Å². The maximum absolute atomic E-state index is 5.90. The van der Waals surface area contributed by atoms with Gasteiger partial charge >= 0.3 is 0 Å². The van der Waals surface area contributed by atoms with Gasteiger partial charge in [0.1, 0.15) is 12.4 Å². The lowest BCUT2D eigenvalue weighted by Gasteiger charge is -2.33. The van der Waals surface area contributed by atoms with Crippen molar-refractivity contribution in [1.29, 1.82) is 0 Å². The van der Waals surface area contributed by atoms with Crippen LogP contribution < -0.4 is 15.0 Å². The molecule has 2 fully saturated rings. The molecule has 0 saturated carbocycles. The third kappa shape index (κ3) is 5.46. The molecular formula is C23H31N3O2. The standard InChI is InChI=1S/C23H31N3O2/c1-2-4-20(5-3-1)17-27-13-9-19-7-11-26(12-8-19)22-14-23(16-24-15-22)28-18-21-6-10-25-21/h1-5,14-16,19,21,25H,6-13,17-18H2. The zero-order chi connectivity index (χ0) is 19.0. The van der Waals surface area contributed by atoms with E-state index in [0.717, 1.165) is 50.9 Å². The van der Waals surface area contributed by atoms with Crippen LogP contribution in [0, 0.1) is 5.92 Å². The molecule has 1 atom stereocenters. The van der Waals surface area contributed by atoms with Crippen molar-refractivity contribution in [2.24, 2.45) is 5.92 Å². The average molecular weight is 382 g/mol. The molecule has 2 aromatic rings. The molecule has 1 N–H and O–H groups in total. The van der Waals surface area contributed by atoms with E-state index in [1.54, 1.807) is 0 Å². The van der Waals surface area contributed by atoms with Gasteiger partial charge in [0.25, 0.3) is 0 Å².